The zero-order valence-corrected chi connectivity index (χ0v) is 13.0. The first-order valence-electron chi connectivity index (χ1n) is 7.24. The number of anilines is 1. The fraction of sp³-hybridized carbons (Fsp3) is 0.294. The molecular weight excluding hydrogens is 278 g/mol. The monoisotopic (exact) mass is 297 g/mol. The maximum Gasteiger partial charge on any atom is 0.156 e. The number of nitrogens with one attached hydrogen (secondary N) is 1. The number of hydrogen-bond donors (Lipinski definition) is 1. The Bertz CT molecular complexity index is 749. The SMILES string of the molecule is COCc1nc(C)cc(N[C@H](C)c2cc3ccccc3o2)n1. The number of fused-ring (bicyclic) bond motifs is 1. The van der Waals surface area contributed by atoms with Gasteiger partial charge in [-0.15, -0.1) is 0 Å². The molecule has 0 aliphatic heterocycles. The first-order valence-corrected chi connectivity index (χ1v) is 7.24. The van der Waals surface area contributed by atoms with E-state index in [4.69, 9.17) is 9.15 Å². The van der Waals surface area contributed by atoms with Crippen LogP contribution >= 0.6 is 0 Å². The van der Waals surface area contributed by atoms with E-state index in [9.17, 15) is 0 Å². The van der Waals surface area contributed by atoms with Gasteiger partial charge in [0.2, 0.25) is 0 Å². The molecule has 3 rings (SSSR count). The summed E-state index contributed by atoms with van der Waals surface area (Å²) in [4.78, 5) is 8.79. The lowest BCUT2D eigenvalue weighted by atomic mass is 10.2. The molecular formula is C17H19N3O2. The Morgan fingerprint density at radius 2 is 2.05 bits per heavy atom. The van der Waals surface area contributed by atoms with Crippen LogP contribution in [0.3, 0.4) is 0 Å². The molecule has 0 aliphatic carbocycles. The molecule has 1 aromatic carbocycles. The van der Waals surface area contributed by atoms with Gasteiger partial charge in [0.05, 0.1) is 6.04 Å². The first kappa shape index (κ1) is 14.5. The second-order valence-electron chi connectivity index (χ2n) is 5.30. The lowest BCUT2D eigenvalue weighted by Crippen LogP contribution is -2.09. The van der Waals surface area contributed by atoms with E-state index in [0.29, 0.717) is 12.4 Å². The molecule has 0 spiro atoms. The second-order valence-corrected chi connectivity index (χ2v) is 5.30. The predicted molar refractivity (Wildman–Crippen MR) is 85.7 cm³/mol. The van der Waals surface area contributed by atoms with Crippen LogP contribution in [0.4, 0.5) is 5.82 Å². The van der Waals surface area contributed by atoms with E-state index in [1.54, 1.807) is 7.11 Å². The molecule has 2 heterocycles. The largest absolute Gasteiger partial charge is 0.459 e. The molecule has 0 aliphatic rings. The van der Waals surface area contributed by atoms with Crippen molar-refractivity contribution < 1.29 is 9.15 Å². The van der Waals surface area contributed by atoms with Crippen LogP contribution in [0.1, 0.15) is 30.2 Å². The standard InChI is InChI=1S/C17H19N3O2/c1-11-8-16(20-17(18-11)10-21-3)19-12(2)15-9-13-6-4-5-7-14(13)22-15/h4-9,12H,10H2,1-3H3,(H,18,19,20)/t12-/m1/s1. The molecule has 0 bridgehead atoms. The summed E-state index contributed by atoms with van der Waals surface area (Å²) in [6.45, 7) is 4.39. The van der Waals surface area contributed by atoms with Crippen LogP contribution in [0, 0.1) is 6.92 Å². The van der Waals surface area contributed by atoms with Crippen molar-refractivity contribution in [2.75, 3.05) is 12.4 Å². The highest BCUT2D eigenvalue weighted by Gasteiger charge is 2.12. The number of aryl methyl sites for hydroxylation is 1. The molecule has 1 N–H and O–H groups in total. The molecule has 0 radical (unpaired) electrons. The molecule has 0 fully saturated rings. The minimum atomic E-state index is 0.0112. The van der Waals surface area contributed by atoms with Gasteiger partial charge in [-0.05, 0) is 26.0 Å². The predicted octanol–water partition coefficient (Wildman–Crippen LogP) is 3.85. The average Bonchev–Trinajstić information content (AvgIpc) is 2.91. The third-order valence-electron chi connectivity index (χ3n) is 3.41. The van der Waals surface area contributed by atoms with Gasteiger partial charge in [-0.2, -0.15) is 0 Å². The van der Waals surface area contributed by atoms with Gasteiger partial charge in [0.15, 0.2) is 5.82 Å². The topological polar surface area (TPSA) is 60.2 Å². The molecule has 1 atom stereocenters. The van der Waals surface area contributed by atoms with E-state index in [1.807, 2.05) is 44.2 Å². The summed E-state index contributed by atoms with van der Waals surface area (Å²) in [7, 11) is 1.63. The van der Waals surface area contributed by atoms with Crippen LogP contribution in [-0.4, -0.2) is 17.1 Å². The molecule has 2 aromatic heterocycles. The van der Waals surface area contributed by atoms with E-state index >= 15 is 0 Å². The molecule has 5 heteroatoms. The Morgan fingerprint density at radius 3 is 2.82 bits per heavy atom. The van der Waals surface area contributed by atoms with Gasteiger partial charge in [-0.1, -0.05) is 18.2 Å². The quantitative estimate of drug-likeness (QED) is 0.775. The van der Waals surface area contributed by atoms with Crippen molar-refractivity contribution in [3.05, 3.63) is 53.7 Å². The van der Waals surface area contributed by atoms with E-state index < -0.39 is 0 Å². The number of benzene rings is 1. The van der Waals surface area contributed by atoms with E-state index in [-0.39, 0.29) is 6.04 Å². The van der Waals surface area contributed by atoms with Crippen molar-refractivity contribution in [2.24, 2.45) is 0 Å². The van der Waals surface area contributed by atoms with Gasteiger partial charge < -0.3 is 14.5 Å². The van der Waals surface area contributed by atoms with Crippen LogP contribution in [-0.2, 0) is 11.3 Å². The van der Waals surface area contributed by atoms with Crippen molar-refractivity contribution in [1.82, 2.24) is 9.97 Å². The summed E-state index contributed by atoms with van der Waals surface area (Å²) in [5.41, 5.74) is 1.80. The lowest BCUT2D eigenvalue weighted by Gasteiger charge is -2.13. The summed E-state index contributed by atoms with van der Waals surface area (Å²) in [6.07, 6.45) is 0. The van der Waals surface area contributed by atoms with Gasteiger partial charge in [0.1, 0.15) is 23.8 Å². The molecule has 0 unspecified atom stereocenters. The molecule has 0 saturated carbocycles. The number of para-hydroxylation sites is 1. The van der Waals surface area contributed by atoms with Crippen LogP contribution in [0.25, 0.3) is 11.0 Å². The van der Waals surface area contributed by atoms with E-state index in [0.717, 1.165) is 28.2 Å². The molecule has 114 valence electrons. The lowest BCUT2D eigenvalue weighted by molar-refractivity contribution is 0.177. The van der Waals surface area contributed by atoms with Gasteiger partial charge in [-0.25, -0.2) is 9.97 Å². The number of hydrogen-bond acceptors (Lipinski definition) is 5. The Labute approximate surface area is 129 Å². The van der Waals surface area contributed by atoms with Crippen LogP contribution in [0.5, 0.6) is 0 Å². The summed E-state index contributed by atoms with van der Waals surface area (Å²) in [6, 6.07) is 12.0. The minimum Gasteiger partial charge on any atom is -0.459 e. The smallest absolute Gasteiger partial charge is 0.156 e. The molecule has 22 heavy (non-hydrogen) atoms. The average molecular weight is 297 g/mol. The minimum absolute atomic E-state index is 0.0112. The third-order valence-corrected chi connectivity index (χ3v) is 3.41. The van der Waals surface area contributed by atoms with Crippen molar-refractivity contribution in [1.29, 1.82) is 0 Å². The number of rotatable bonds is 5. The Kier molecular flexibility index (Phi) is 4.06. The maximum absolute atomic E-state index is 5.88. The first-order chi connectivity index (χ1) is 10.7. The molecule has 3 aromatic rings. The van der Waals surface area contributed by atoms with Crippen molar-refractivity contribution in [3.63, 3.8) is 0 Å². The summed E-state index contributed by atoms with van der Waals surface area (Å²) in [5.74, 6) is 2.32. The summed E-state index contributed by atoms with van der Waals surface area (Å²) < 4.78 is 11.0. The van der Waals surface area contributed by atoms with Crippen LogP contribution in [0.15, 0.2) is 40.8 Å². The fourth-order valence-corrected chi connectivity index (χ4v) is 2.41. The van der Waals surface area contributed by atoms with Gasteiger partial charge in [0.25, 0.3) is 0 Å². The molecule has 0 saturated heterocycles. The van der Waals surface area contributed by atoms with Gasteiger partial charge in [0, 0.05) is 24.3 Å². The number of furan rings is 1. The van der Waals surface area contributed by atoms with Gasteiger partial charge in [-0.3, -0.25) is 0 Å². The highest BCUT2D eigenvalue weighted by atomic mass is 16.5. The maximum atomic E-state index is 5.88. The summed E-state index contributed by atoms with van der Waals surface area (Å²) in [5, 5.41) is 4.46. The molecule has 0 amide bonds. The second kappa shape index (κ2) is 6.15. The normalized spacial score (nSPS) is 12.5. The Hall–Kier alpha value is -2.40. The van der Waals surface area contributed by atoms with Crippen molar-refractivity contribution >= 4 is 16.8 Å². The van der Waals surface area contributed by atoms with Crippen molar-refractivity contribution in [3.8, 4) is 0 Å². The Balaban J connectivity index is 1.82. The van der Waals surface area contributed by atoms with E-state index in [1.165, 1.54) is 0 Å². The highest BCUT2D eigenvalue weighted by molar-refractivity contribution is 5.77. The number of ether oxygens (including phenoxy) is 1. The molecule has 5 nitrogen and oxygen atoms in total. The van der Waals surface area contributed by atoms with Crippen LogP contribution < -0.4 is 5.32 Å². The van der Waals surface area contributed by atoms with Crippen LogP contribution in [0.2, 0.25) is 0 Å². The zero-order valence-electron chi connectivity index (χ0n) is 13.0. The Morgan fingerprint density at radius 1 is 1.23 bits per heavy atom. The zero-order chi connectivity index (χ0) is 15.5. The van der Waals surface area contributed by atoms with E-state index in [2.05, 4.69) is 21.4 Å². The van der Waals surface area contributed by atoms with Gasteiger partial charge >= 0.3 is 0 Å². The third kappa shape index (κ3) is 3.09. The van der Waals surface area contributed by atoms with Crippen molar-refractivity contribution in [2.45, 2.75) is 26.5 Å². The summed E-state index contributed by atoms with van der Waals surface area (Å²) >= 11 is 0. The number of methoxy groups -OCH3 is 1. The highest BCUT2D eigenvalue weighted by Crippen LogP contribution is 2.25. The number of aromatic nitrogens is 2. The fourth-order valence-electron chi connectivity index (χ4n) is 2.41. The number of nitrogens with zero attached hydrogens (tertiary/aromatic N) is 2.